The van der Waals surface area contributed by atoms with Gasteiger partial charge in [-0.1, -0.05) is 5.16 Å². The number of hydrogen-bond acceptors (Lipinski definition) is 5. The Kier molecular flexibility index (Phi) is 4.21. The lowest BCUT2D eigenvalue weighted by molar-refractivity contribution is -0.136. The molecule has 0 saturated heterocycles. The first-order valence-corrected chi connectivity index (χ1v) is 6.59. The minimum atomic E-state index is -0.876. The molecule has 0 unspecified atom stereocenters. The fraction of sp³-hybridized carbons (Fsp3) is 0.429. The molecule has 0 aliphatic heterocycles. The maximum absolute atomic E-state index is 12.0. The molecule has 0 amide bonds. The van der Waals surface area contributed by atoms with Crippen molar-refractivity contribution in [1.29, 1.82) is 0 Å². The van der Waals surface area contributed by atoms with Gasteiger partial charge in [0.25, 0.3) is 0 Å². The van der Waals surface area contributed by atoms with Gasteiger partial charge in [-0.05, 0) is 32.8 Å². The third kappa shape index (κ3) is 3.36. The van der Waals surface area contributed by atoms with Crippen LogP contribution in [0.4, 0.5) is 0 Å². The highest BCUT2D eigenvalue weighted by molar-refractivity contribution is 5.67. The third-order valence-electron chi connectivity index (χ3n) is 3.36. The van der Waals surface area contributed by atoms with Crippen LogP contribution in [0, 0.1) is 20.8 Å². The normalized spacial score (nSPS) is 10.8. The molecule has 1 N–H and O–H groups in total. The Morgan fingerprint density at radius 2 is 2.10 bits per heavy atom. The molecule has 0 aromatic carbocycles. The summed E-state index contributed by atoms with van der Waals surface area (Å²) < 4.78 is 6.47. The third-order valence-corrected chi connectivity index (χ3v) is 3.36. The van der Waals surface area contributed by atoms with E-state index in [1.54, 1.807) is 26.8 Å². The number of nitrogens with zero attached hydrogens (tertiary/aromatic N) is 3. The molecule has 0 spiro atoms. The van der Waals surface area contributed by atoms with Crippen LogP contribution in [0.2, 0.25) is 0 Å². The van der Waals surface area contributed by atoms with Gasteiger partial charge >= 0.3 is 11.7 Å². The van der Waals surface area contributed by atoms with Gasteiger partial charge in [-0.15, -0.1) is 0 Å². The van der Waals surface area contributed by atoms with E-state index in [9.17, 15) is 9.59 Å². The predicted molar refractivity (Wildman–Crippen MR) is 74.3 cm³/mol. The van der Waals surface area contributed by atoms with Crippen LogP contribution in [0.3, 0.4) is 0 Å². The lowest BCUT2D eigenvalue weighted by Crippen LogP contribution is -2.28. The Bertz CT molecular complexity index is 730. The van der Waals surface area contributed by atoms with Crippen molar-refractivity contribution in [2.24, 2.45) is 0 Å². The largest absolute Gasteiger partial charge is 0.481 e. The van der Waals surface area contributed by atoms with Gasteiger partial charge < -0.3 is 9.63 Å². The maximum atomic E-state index is 12.0. The standard InChI is InChI=1S/C14H17N3O4/c1-8-6-11(16-21-8)7-17-10(3)12(4-5-13(18)19)9(2)15-14(17)20/h6H,4-5,7H2,1-3H3,(H,18,19). The molecule has 2 rings (SSSR count). The van der Waals surface area contributed by atoms with Crippen molar-refractivity contribution in [1.82, 2.24) is 14.7 Å². The Labute approximate surface area is 121 Å². The number of carboxylic acids is 1. The quantitative estimate of drug-likeness (QED) is 0.889. The summed E-state index contributed by atoms with van der Waals surface area (Å²) in [6.07, 6.45) is 0.350. The molecule has 2 heterocycles. The molecule has 112 valence electrons. The zero-order chi connectivity index (χ0) is 15.6. The van der Waals surface area contributed by atoms with Crippen LogP contribution in [0.15, 0.2) is 15.4 Å². The molecular formula is C14H17N3O4. The molecule has 2 aromatic rings. The molecule has 2 aromatic heterocycles. The second-order valence-electron chi connectivity index (χ2n) is 4.95. The number of aryl methyl sites for hydroxylation is 2. The summed E-state index contributed by atoms with van der Waals surface area (Å²) in [6, 6.07) is 1.75. The van der Waals surface area contributed by atoms with Crippen molar-refractivity contribution in [2.75, 3.05) is 0 Å². The summed E-state index contributed by atoms with van der Waals surface area (Å²) in [5, 5.41) is 12.7. The highest BCUT2D eigenvalue weighted by Crippen LogP contribution is 2.13. The van der Waals surface area contributed by atoms with E-state index in [4.69, 9.17) is 9.63 Å². The van der Waals surface area contributed by atoms with Crippen LogP contribution in [0.5, 0.6) is 0 Å². The lowest BCUT2D eigenvalue weighted by Gasteiger charge is -2.14. The smallest absolute Gasteiger partial charge is 0.348 e. The lowest BCUT2D eigenvalue weighted by atomic mass is 10.1. The summed E-state index contributed by atoms with van der Waals surface area (Å²) in [5.74, 6) is -0.208. The van der Waals surface area contributed by atoms with E-state index in [-0.39, 0.29) is 18.7 Å². The number of carbonyl (C=O) groups is 1. The van der Waals surface area contributed by atoms with Gasteiger partial charge in [0.2, 0.25) is 0 Å². The topological polar surface area (TPSA) is 98.2 Å². The summed E-state index contributed by atoms with van der Waals surface area (Å²) in [7, 11) is 0. The Morgan fingerprint density at radius 3 is 2.67 bits per heavy atom. The van der Waals surface area contributed by atoms with Gasteiger partial charge in [-0.3, -0.25) is 9.36 Å². The van der Waals surface area contributed by atoms with E-state index in [1.807, 2.05) is 0 Å². The van der Waals surface area contributed by atoms with Crippen LogP contribution in [0.25, 0.3) is 0 Å². The van der Waals surface area contributed by atoms with Gasteiger partial charge in [0.15, 0.2) is 0 Å². The highest BCUT2D eigenvalue weighted by atomic mass is 16.5. The van der Waals surface area contributed by atoms with E-state index in [0.29, 0.717) is 23.6 Å². The van der Waals surface area contributed by atoms with Crippen LogP contribution in [-0.4, -0.2) is 25.8 Å². The molecule has 0 radical (unpaired) electrons. The van der Waals surface area contributed by atoms with Crippen LogP contribution in [0.1, 0.15) is 34.8 Å². The molecule has 0 saturated carbocycles. The van der Waals surface area contributed by atoms with Crippen molar-refractivity contribution in [2.45, 2.75) is 40.2 Å². The van der Waals surface area contributed by atoms with Crippen molar-refractivity contribution in [3.63, 3.8) is 0 Å². The summed E-state index contributed by atoms with van der Waals surface area (Å²) in [6.45, 7) is 5.55. The second-order valence-corrected chi connectivity index (χ2v) is 4.95. The zero-order valence-electron chi connectivity index (χ0n) is 12.2. The summed E-state index contributed by atoms with van der Waals surface area (Å²) >= 11 is 0. The molecule has 0 aliphatic rings. The maximum Gasteiger partial charge on any atom is 0.348 e. The van der Waals surface area contributed by atoms with E-state index in [2.05, 4.69) is 10.1 Å². The number of rotatable bonds is 5. The molecule has 0 atom stereocenters. The number of carboxylic acid groups (broad SMARTS) is 1. The first-order chi connectivity index (χ1) is 9.88. The van der Waals surface area contributed by atoms with Crippen molar-refractivity contribution in [3.05, 3.63) is 45.0 Å². The molecule has 0 fully saturated rings. The van der Waals surface area contributed by atoms with Gasteiger partial charge in [0, 0.05) is 23.9 Å². The minimum absolute atomic E-state index is 0.00460. The summed E-state index contributed by atoms with van der Waals surface area (Å²) in [5.41, 5.74) is 2.34. The number of aromatic nitrogens is 3. The summed E-state index contributed by atoms with van der Waals surface area (Å²) in [4.78, 5) is 26.7. The monoisotopic (exact) mass is 291 g/mol. The van der Waals surface area contributed by atoms with Crippen molar-refractivity contribution < 1.29 is 14.4 Å². The van der Waals surface area contributed by atoms with Gasteiger partial charge in [0.05, 0.1) is 6.54 Å². The molecule has 21 heavy (non-hydrogen) atoms. The van der Waals surface area contributed by atoms with Crippen LogP contribution >= 0.6 is 0 Å². The van der Waals surface area contributed by atoms with E-state index >= 15 is 0 Å². The van der Waals surface area contributed by atoms with E-state index < -0.39 is 5.97 Å². The van der Waals surface area contributed by atoms with Crippen LogP contribution in [-0.2, 0) is 17.8 Å². The fourth-order valence-electron chi connectivity index (χ4n) is 2.27. The highest BCUT2D eigenvalue weighted by Gasteiger charge is 2.14. The Morgan fingerprint density at radius 1 is 1.38 bits per heavy atom. The van der Waals surface area contributed by atoms with Crippen molar-refractivity contribution in [3.8, 4) is 0 Å². The molecular weight excluding hydrogens is 274 g/mol. The van der Waals surface area contributed by atoms with E-state index in [0.717, 1.165) is 11.3 Å². The number of hydrogen-bond donors (Lipinski definition) is 1. The second kappa shape index (κ2) is 5.90. The van der Waals surface area contributed by atoms with E-state index in [1.165, 1.54) is 4.57 Å². The van der Waals surface area contributed by atoms with Gasteiger partial charge in [-0.2, -0.15) is 4.98 Å². The van der Waals surface area contributed by atoms with Gasteiger partial charge in [-0.25, -0.2) is 4.79 Å². The van der Waals surface area contributed by atoms with Crippen molar-refractivity contribution >= 4 is 5.97 Å². The molecule has 0 bridgehead atoms. The van der Waals surface area contributed by atoms with Crippen LogP contribution < -0.4 is 5.69 Å². The zero-order valence-corrected chi connectivity index (χ0v) is 12.2. The van der Waals surface area contributed by atoms with Gasteiger partial charge in [0.1, 0.15) is 11.5 Å². The molecule has 7 heteroatoms. The minimum Gasteiger partial charge on any atom is -0.481 e. The average molecular weight is 291 g/mol. The Balaban J connectivity index is 2.38. The first kappa shape index (κ1) is 15.0. The Hall–Kier alpha value is -2.44. The number of aliphatic carboxylic acids is 1. The fourth-order valence-corrected chi connectivity index (χ4v) is 2.27. The first-order valence-electron chi connectivity index (χ1n) is 6.59. The predicted octanol–water partition coefficient (Wildman–Crippen LogP) is 1.22. The average Bonchev–Trinajstić information content (AvgIpc) is 2.79. The SMILES string of the molecule is Cc1cc(Cn2c(C)c(CCC(=O)O)c(C)nc2=O)no1. The molecule has 0 aliphatic carbocycles. The molecule has 7 nitrogen and oxygen atoms in total.